The molecule has 2 saturated heterocycles. The summed E-state index contributed by atoms with van der Waals surface area (Å²) in [6.07, 6.45) is -3.52. The van der Waals surface area contributed by atoms with E-state index in [1.54, 1.807) is 49.2 Å². The highest BCUT2D eigenvalue weighted by atomic mass is 19.4. The molecule has 59 heavy (non-hydrogen) atoms. The van der Waals surface area contributed by atoms with Gasteiger partial charge in [0.15, 0.2) is 0 Å². The van der Waals surface area contributed by atoms with Crippen LogP contribution in [0, 0.1) is 23.7 Å². The van der Waals surface area contributed by atoms with Gasteiger partial charge in [-0.25, -0.2) is 19.6 Å². The van der Waals surface area contributed by atoms with Crippen LogP contribution in [-0.4, -0.2) is 99.3 Å². The molecule has 5 atom stereocenters. The van der Waals surface area contributed by atoms with E-state index in [1.807, 2.05) is 38.1 Å². The fraction of sp³-hybridized carbons (Fsp3) is 0.463. The third kappa shape index (κ3) is 9.20. The Labute approximate surface area is 338 Å². The van der Waals surface area contributed by atoms with Crippen LogP contribution < -0.4 is 10.6 Å². The monoisotopic (exact) mass is 824 g/mol. The molecule has 2 aromatic carbocycles. The maximum absolute atomic E-state index is 15.5. The summed E-state index contributed by atoms with van der Waals surface area (Å²) in [5.41, 5.74) is 3.52. The van der Waals surface area contributed by atoms with Crippen LogP contribution in [0.25, 0.3) is 33.6 Å². The fourth-order valence-corrected chi connectivity index (χ4v) is 7.68. The average molecular weight is 825 g/mol. The zero-order valence-electron chi connectivity index (χ0n) is 33.5. The highest BCUT2D eigenvalue weighted by Gasteiger charge is 2.51. The number of halogens is 4. The molecule has 14 nitrogen and oxygen atoms in total. The fourth-order valence-electron chi connectivity index (χ4n) is 7.68. The number of methoxy groups -OCH3 is 2. The summed E-state index contributed by atoms with van der Waals surface area (Å²) in [6.45, 7) is 6.84. The van der Waals surface area contributed by atoms with E-state index >= 15 is 4.39 Å². The van der Waals surface area contributed by atoms with Crippen LogP contribution in [0.3, 0.4) is 0 Å². The average Bonchev–Trinajstić information content (AvgIpc) is 4.04. The number of rotatable bonds is 11. The van der Waals surface area contributed by atoms with Crippen molar-refractivity contribution in [1.82, 2.24) is 40.4 Å². The number of alkyl carbamates (subject to hydrolysis) is 2. The quantitative estimate of drug-likeness (QED) is 0.115. The Balaban J connectivity index is 1.16. The Morgan fingerprint density at radius 2 is 1.29 bits per heavy atom. The van der Waals surface area contributed by atoms with Crippen LogP contribution in [-0.2, 0) is 19.1 Å². The Bertz CT molecular complexity index is 2140. The number of nitrogens with one attached hydrogen (secondary N) is 4. The first-order valence-corrected chi connectivity index (χ1v) is 19.4. The van der Waals surface area contributed by atoms with Gasteiger partial charge in [0.1, 0.15) is 29.4 Å². The van der Waals surface area contributed by atoms with E-state index in [2.05, 4.69) is 35.3 Å². The lowest BCUT2D eigenvalue weighted by molar-refractivity contribution is -0.171. The number of hydrogen-bond donors (Lipinski definition) is 4. The molecule has 2 aliphatic heterocycles. The number of imidazole rings is 2. The first-order valence-electron chi connectivity index (χ1n) is 19.4. The molecule has 6 rings (SSSR count). The third-order valence-corrected chi connectivity index (χ3v) is 11.0. The molecule has 0 spiro atoms. The second-order valence-electron chi connectivity index (χ2n) is 15.5. The Morgan fingerprint density at radius 1 is 0.763 bits per heavy atom. The number of carbonyl (C=O) groups excluding carboxylic acids is 4. The molecule has 4 amide bonds. The van der Waals surface area contributed by atoms with Crippen LogP contribution in [0.1, 0.15) is 70.7 Å². The Hall–Kier alpha value is -5.94. The lowest BCUT2D eigenvalue weighted by atomic mass is 10.0. The molecule has 0 bridgehead atoms. The minimum atomic E-state index is -4.62. The SMILES string of the molecule is COC(=O)N[C@H](C(=O)N1CCC[C@H]1c1ncc(-c2ccc(-c3ccc(-c4nc([C@@H]5C[C@H](C(F)(F)F)CN5C(=O)[C@@H](NC(=O)OC)C(C)C)[nH]c4F)cc3)cc2)[nH]1)C(C)C. The largest absolute Gasteiger partial charge is 0.453 e. The van der Waals surface area contributed by atoms with Crippen LogP contribution in [0.4, 0.5) is 27.2 Å². The third-order valence-electron chi connectivity index (χ3n) is 11.0. The predicted octanol–water partition coefficient (Wildman–Crippen LogP) is 7.15. The number of aromatic amines is 2. The number of likely N-dealkylation sites (tertiary alicyclic amines) is 2. The number of alkyl halides is 3. The van der Waals surface area contributed by atoms with Crippen LogP contribution in [0.15, 0.2) is 54.7 Å². The van der Waals surface area contributed by atoms with Gasteiger partial charge in [0.25, 0.3) is 0 Å². The van der Waals surface area contributed by atoms with E-state index < -0.39 is 73.1 Å². The predicted molar refractivity (Wildman–Crippen MR) is 208 cm³/mol. The summed E-state index contributed by atoms with van der Waals surface area (Å²) >= 11 is 0. The van der Waals surface area contributed by atoms with Gasteiger partial charge in [-0.1, -0.05) is 76.2 Å². The smallest absolute Gasteiger partial charge is 0.407 e. The van der Waals surface area contributed by atoms with Gasteiger partial charge in [0.05, 0.1) is 44.1 Å². The number of aromatic nitrogens is 4. The maximum atomic E-state index is 15.5. The summed E-state index contributed by atoms with van der Waals surface area (Å²) in [6, 6.07) is 11.1. The molecular weight excluding hydrogens is 776 g/mol. The van der Waals surface area contributed by atoms with Crippen molar-refractivity contribution in [3.63, 3.8) is 0 Å². The van der Waals surface area contributed by atoms with E-state index in [4.69, 9.17) is 4.74 Å². The van der Waals surface area contributed by atoms with Crippen molar-refractivity contribution < 1.29 is 46.2 Å². The molecule has 316 valence electrons. The standard InChI is InChI=1S/C41H48F4N8O6/c1-21(2)31(49-39(56)58-5)37(54)52-17-7-8-29(52)35-46-19-28(47-35)25-13-9-23(10-14-25)24-11-15-26(16-12-24)33-34(42)51-36(48-33)30-18-27(41(43,44)45)20-53(30)38(55)32(22(3)4)50-40(57)59-6/h9-16,19,21-22,27,29-32H,7-8,17-18,20H2,1-6H3,(H,46,47)(H,48,51)(H,49,56)(H,50,57)/t27-,29-,30-,31-,32-/m0/s1. The van der Waals surface area contributed by atoms with Gasteiger partial charge >= 0.3 is 18.4 Å². The van der Waals surface area contributed by atoms with E-state index in [0.717, 1.165) is 40.8 Å². The number of ether oxygens (including phenoxy) is 2. The molecule has 4 heterocycles. The number of amides is 4. The van der Waals surface area contributed by atoms with Crippen LogP contribution in [0.2, 0.25) is 0 Å². The van der Waals surface area contributed by atoms with E-state index in [-0.39, 0.29) is 29.4 Å². The molecule has 2 fully saturated rings. The number of benzene rings is 2. The summed E-state index contributed by atoms with van der Waals surface area (Å²) in [5.74, 6) is -3.85. The minimum absolute atomic E-state index is 0.116. The Kier molecular flexibility index (Phi) is 12.7. The molecule has 0 saturated carbocycles. The van der Waals surface area contributed by atoms with E-state index in [0.29, 0.717) is 24.4 Å². The topological polar surface area (TPSA) is 175 Å². The molecule has 4 N–H and O–H groups in total. The van der Waals surface area contributed by atoms with Gasteiger partial charge in [0.2, 0.25) is 17.8 Å². The van der Waals surface area contributed by atoms with E-state index in [9.17, 15) is 32.3 Å². The summed E-state index contributed by atoms with van der Waals surface area (Å²) in [5, 5.41) is 5.05. The lowest BCUT2D eigenvalue weighted by Crippen LogP contribution is -2.51. The van der Waals surface area contributed by atoms with Gasteiger partial charge in [0, 0.05) is 18.7 Å². The zero-order valence-corrected chi connectivity index (χ0v) is 33.5. The maximum Gasteiger partial charge on any atom is 0.407 e. The van der Waals surface area contributed by atoms with E-state index in [1.165, 1.54) is 7.11 Å². The molecule has 18 heteroatoms. The number of hydrogen-bond acceptors (Lipinski definition) is 8. The van der Waals surface area contributed by atoms with Crippen molar-refractivity contribution in [2.75, 3.05) is 27.3 Å². The normalized spacial score (nSPS) is 19.2. The lowest BCUT2D eigenvalue weighted by Gasteiger charge is -2.30. The van der Waals surface area contributed by atoms with Gasteiger partial charge in [-0.2, -0.15) is 17.6 Å². The molecule has 0 aliphatic carbocycles. The van der Waals surface area contributed by atoms with Crippen LogP contribution in [0.5, 0.6) is 0 Å². The molecule has 0 radical (unpaired) electrons. The van der Waals surface area contributed by atoms with Crippen molar-refractivity contribution in [1.29, 1.82) is 0 Å². The highest BCUT2D eigenvalue weighted by Crippen LogP contribution is 2.43. The second kappa shape index (κ2) is 17.5. The van der Waals surface area contributed by atoms with Gasteiger partial charge in [-0.3, -0.25) is 9.59 Å². The Morgan fingerprint density at radius 3 is 1.81 bits per heavy atom. The summed E-state index contributed by atoms with van der Waals surface area (Å²) in [4.78, 5) is 68.6. The van der Waals surface area contributed by atoms with Crippen molar-refractivity contribution in [2.24, 2.45) is 17.8 Å². The first kappa shape index (κ1) is 42.7. The number of nitrogens with zero attached hydrogens (tertiary/aromatic N) is 4. The molecule has 0 unspecified atom stereocenters. The first-order chi connectivity index (χ1) is 28.0. The number of carbonyl (C=O) groups is 4. The van der Waals surface area contributed by atoms with Crippen LogP contribution >= 0.6 is 0 Å². The second-order valence-corrected chi connectivity index (χ2v) is 15.5. The summed E-state index contributed by atoms with van der Waals surface area (Å²) in [7, 11) is 2.36. The zero-order chi connectivity index (χ0) is 42.8. The minimum Gasteiger partial charge on any atom is -0.453 e. The van der Waals surface area contributed by atoms with Crippen molar-refractivity contribution in [3.8, 4) is 33.6 Å². The highest BCUT2D eigenvalue weighted by molar-refractivity contribution is 5.87. The molecule has 4 aromatic rings. The van der Waals surface area contributed by atoms with Crippen molar-refractivity contribution in [2.45, 2.75) is 77.3 Å². The molecule has 2 aliphatic rings. The molecular formula is C41H48F4N8O6. The summed E-state index contributed by atoms with van der Waals surface area (Å²) < 4.78 is 66.7. The van der Waals surface area contributed by atoms with Crippen molar-refractivity contribution >= 4 is 24.0 Å². The van der Waals surface area contributed by atoms with Gasteiger partial charge < -0.3 is 39.9 Å². The number of H-pyrrole nitrogens is 2. The van der Waals surface area contributed by atoms with Gasteiger partial charge in [-0.15, -0.1) is 0 Å². The van der Waals surface area contributed by atoms with Gasteiger partial charge in [-0.05, 0) is 47.8 Å². The molecule has 2 aromatic heterocycles. The van der Waals surface area contributed by atoms with Crippen molar-refractivity contribution in [3.05, 3.63) is 72.3 Å².